The third-order valence-corrected chi connectivity index (χ3v) is 5.02. The van der Waals surface area contributed by atoms with Gasteiger partial charge in [0.25, 0.3) is 0 Å². The van der Waals surface area contributed by atoms with Crippen LogP contribution in [0.25, 0.3) is 0 Å². The molecule has 1 N–H and O–H groups in total. The second-order valence-corrected chi connectivity index (χ2v) is 6.24. The third kappa shape index (κ3) is 1.30. The molecule has 1 rings (SSSR count). The van der Waals surface area contributed by atoms with Gasteiger partial charge in [-0.15, -0.1) is 0 Å². The molecule has 1 fully saturated rings. The summed E-state index contributed by atoms with van der Waals surface area (Å²) in [5.41, 5.74) is 0. The van der Waals surface area contributed by atoms with E-state index in [4.69, 9.17) is 23.2 Å². The summed E-state index contributed by atoms with van der Waals surface area (Å²) < 4.78 is 12.3. The van der Waals surface area contributed by atoms with Gasteiger partial charge in [-0.3, -0.25) is 0 Å². The Morgan fingerprint density at radius 2 is 2.38 bits per heavy atom. The summed E-state index contributed by atoms with van der Waals surface area (Å²) in [6.45, 7) is 0.382. The fourth-order valence-electron chi connectivity index (χ4n) is 0.287. The smallest absolute Gasteiger partial charge is 0.216 e. The molecule has 0 spiro atoms. The van der Waals surface area contributed by atoms with Crippen LogP contribution in [-0.2, 0) is 9.83 Å². The number of rotatable bonds is 0. The maximum Gasteiger partial charge on any atom is 0.216 e. The van der Waals surface area contributed by atoms with Crippen molar-refractivity contribution in [3.05, 3.63) is 0 Å². The molecule has 6 heteroatoms. The zero-order valence-electron chi connectivity index (χ0n) is 3.69. The minimum atomic E-state index is -1.20. The Labute approximate surface area is 63.3 Å². The number of halogens is 2. The summed E-state index contributed by atoms with van der Waals surface area (Å²) in [5.74, 6) is 0. The van der Waals surface area contributed by atoms with Gasteiger partial charge < -0.3 is 0 Å². The van der Waals surface area contributed by atoms with E-state index in [2.05, 4.69) is 4.72 Å². The highest BCUT2D eigenvalue weighted by Gasteiger charge is 2.37. The van der Waals surface area contributed by atoms with Gasteiger partial charge in [-0.1, -0.05) is 23.2 Å². The SMILES string of the molecule is O=S1SNCC1(Cl)Cl. The van der Waals surface area contributed by atoms with Gasteiger partial charge in [0.05, 0.1) is 6.54 Å². The molecule has 1 saturated heterocycles. The first-order chi connectivity index (χ1) is 3.63. The molecule has 0 bridgehead atoms. The predicted molar refractivity (Wildman–Crippen MR) is 38.2 cm³/mol. The van der Waals surface area contributed by atoms with Crippen LogP contribution in [0.15, 0.2) is 0 Å². The molecule has 2 nitrogen and oxygen atoms in total. The van der Waals surface area contributed by atoms with Crippen molar-refractivity contribution >= 4 is 44.0 Å². The van der Waals surface area contributed by atoms with Crippen LogP contribution >= 0.6 is 34.2 Å². The van der Waals surface area contributed by atoms with Crippen molar-refractivity contribution in [3.63, 3.8) is 0 Å². The molecule has 0 aromatic carbocycles. The van der Waals surface area contributed by atoms with E-state index in [0.29, 0.717) is 6.54 Å². The zero-order valence-corrected chi connectivity index (χ0v) is 6.83. The highest BCUT2D eigenvalue weighted by atomic mass is 35.5. The van der Waals surface area contributed by atoms with Crippen LogP contribution in [0.3, 0.4) is 0 Å². The molecule has 0 aliphatic carbocycles. The third-order valence-electron chi connectivity index (χ3n) is 0.656. The molecular formula is C2H3Cl2NOS2. The van der Waals surface area contributed by atoms with Crippen molar-refractivity contribution in [2.24, 2.45) is 0 Å². The topological polar surface area (TPSA) is 29.1 Å². The Kier molecular flexibility index (Phi) is 2.09. The Morgan fingerprint density at radius 1 is 1.75 bits per heavy atom. The van der Waals surface area contributed by atoms with Gasteiger partial charge in [0.2, 0.25) is 3.67 Å². The van der Waals surface area contributed by atoms with Gasteiger partial charge in [-0.05, 0) is 0 Å². The minimum Gasteiger partial charge on any atom is -0.249 e. The lowest BCUT2D eigenvalue weighted by Crippen LogP contribution is -2.19. The average molecular weight is 192 g/mol. The summed E-state index contributed by atoms with van der Waals surface area (Å²) in [6.07, 6.45) is 0. The second-order valence-electron chi connectivity index (χ2n) is 1.28. The summed E-state index contributed by atoms with van der Waals surface area (Å²) in [7, 11) is -0.134. The highest BCUT2D eigenvalue weighted by Crippen LogP contribution is 2.35. The molecule has 1 aliphatic heterocycles. The molecule has 0 radical (unpaired) electrons. The van der Waals surface area contributed by atoms with E-state index in [0.717, 1.165) is 11.0 Å². The maximum absolute atomic E-state index is 10.6. The van der Waals surface area contributed by atoms with Crippen LogP contribution in [0.5, 0.6) is 0 Å². The summed E-state index contributed by atoms with van der Waals surface area (Å²) in [6, 6.07) is 0. The van der Waals surface area contributed by atoms with E-state index < -0.39 is 13.5 Å². The van der Waals surface area contributed by atoms with Crippen molar-refractivity contribution in [2.45, 2.75) is 3.67 Å². The lowest BCUT2D eigenvalue weighted by Gasteiger charge is -2.03. The van der Waals surface area contributed by atoms with Gasteiger partial charge in [0, 0.05) is 11.0 Å². The Balaban J connectivity index is 2.68. The monoisotopic (exact) mass is 191 g/mol. The standard InChI is InChI=1S/C2H3Cl2NOS2/c3-2(4)1-5-7-8(2)6/h5H,1H2. The van der Waals surface area contributed by atoms with Gasteiger partial charge >= 0.3 is 0 Å². The molecular weight excluding hydrogens is 189 g/mol. The first-order valence-electron chi connectivity index (χ1n) is 1.83. The van der Waals surface area contributed by atoms with Gasteiger partial charge in [0.1, 0.15) is 9.83 Å². The fourth-order valence-corrected chi connectivity index (χ4v) is 2.97. The van der Waals surface area contributed by atoms with Gasteiger partial charge in [-0.2, -0.15) is 0 Å². The van der Waals surface area contributed by atoms with Crippen LogP contribution in [0.1, 0.15) is 0 Å². The average Bonchev–Trinajstić information content (AvgIpc) is 1.86. The van der Waals surface area contributed by atoms with Crippen LogP contribution in [-0.4, -0.2) is 14.4 Å². The van der Waals surface area contributed by atoms with E-state index in [-0.39, 0.29) is 0 Å². The Morgan fingerprint density at radius 3 is 2.50 bits per heavy atom. The molecule has 1 heterocycles. The summed E-state index contributed by atoms with van der Waals surface area (Å²) in [4.78, 5) is 0. The molecule has 48 valence electrons. The van der Waals surface area contributed by atoms with Crippen molar-refractivity contribution in [3.8, 4) is 0 Å². The van der Waals surface area contributed by atoms with Crippen LogP contribution in [0.4, 0.5) is 0 Å². The molecule has 8 heavy (non-hydrogen) atoms. The molecule has 1 atom stereocenters. The fraction of sp³-hybridized carbons (Fsp3) is 1.00. The van der Waals surface area contributed by atoms with Crippen molar-refractivity contribution in [1.29, 1.82) is 0 Å². The normalized spacial score (nSPS) is 35.5. The van der Waals surface area contributed by atoms with E-state index >= 15 is 0 Å². The van der Waals surface area contributed by atoms with E-state index in [1.54, 1.807) is 0 Å². The zero-order chi connectivity index (χ0) is 6.20. The van der Waals surface area contributed by atoms with E-state index in [1.165, 1.54) is 0 Å². The Bertz CT molecular complexity index is 127. The predicted octanol–water partition coefficient (Wildman–Crippen LogP) is 1.03. The van der Waals surface area contributed by atoms with Crippen molar-refractivity contribution < 1.29 is 4.21 Å². The summed E-state index contributed by atoms with van der Waals surface area (Å²) in [5, 5.41) is 0. The number of hydrogen-bond acceptors (Lipinski definition) is 3. The van der Waals surface area contributed by atoms with Gasteiger partial charge in [0.15, 0.2) is 0 Å². The molecule has 1 unspecified atom stereocenters. The number of alkyl halides is 2. The van der Waals surface area contributed by atoms with Crippen LogP contribution in [0, 0.1) is 0 Å². The minimum absolute atomic E-state index is 0.382. The molecule has 0 aromatic heterocycles. The second kappa shape index (κ2) is 2.34. The van der Waals surface area contributed by atoms with Crippen LogP contribution in [0.2, 0.25) is 0 Å². The quantitative estimate of drug-likeness (QED) is 0.353. The Hall–Kier alpha value is 1.04. The largest absolute Gasteiger partial charge is 0.249 e. The lowest BCUT2D eigenvalue weighted by atomic mass is 10.8. The first kappa shape index (κ1) is 7.15. The van der Waals surface area contributed by atoms with Crippen molar-refractivity contribution in [2.75, 3.05) is 6.54 Å². The van der Waals surface area contributed by atoms with E-state index in [9.17, 15) is 4.21 Å². The maximum atomic E-state index is 10.6. The molecule has 0 amide bonds. The molecule has 0 aromatic rings. The molecule has 1 aliphatic rings. The summed E-state index contributed by atoms with van der Waals surface area (Å²) >= 11 is 11.0. The van der Waals surface area contributed by atoms with E-state index in [1.807, 2.05) is 0 Å². The van der Waals surface area contributed by atoms with Crippen LogP contribution < -0.4 is 4.72 Å². The number of hydrogen-bond donors (Lipinski definition) is 1. The molecule has 0 saturated carbocycles. The lowest BCUT2D eigenvalue weighted by molar-refractivity contribution is 0.688. The first-order valence-corrected chi connectivity index (χ1v) is 5.07. The van der Waals surface area contributed by atoms with Gasteiger partial charge in [-0.25, -0.2) is 8.93 Å². The highest BCUT2D eigenvalue weighted by molar-refractivity contribution is 8.69. The number of nitrogens with one attached hydrogen (secondary N) is 1. The van der Waals surface area contributed by atoms with Crippen molar-refractivity contribution in [1.82, 2.24) is 4.72 Å².